The summed E-state index contributed by atoms with van der Waals surface area (Å²) in [6.45, 7) is 4.14. The first-order valence-corrected chi connectivity index (χ1v) is 6.30. The van der Waals surface area contributed by atoms with Crippen molar-refractivity contribution in [1.82, 2.24) is 20.4 Å². The van der Waals surface area contributed by atoms with Gasteiger partial charge in [-0.1, -0.05) is 11.2 Å². The maximum Gasteiger partial charge on any atom is 0.252 e. The lowest BCUT2D eigenvalue weighted by Gasteiger charge is -2.38. The van der Waals surface area contributed by atoms with E-state index in [-0.39, 0.29) is 5.60 Å². The molecular formula is C13H16N4O2. The molecule has 2 aromatic rings. The Kier molecular flexibility index (Phi) is 3.27. The summed E-state index contributed by atoms with van der Waals surface area (Å²) in [6.07, 6.45) is 2.33. The molecule has 2 aromatic heterocycles. The number of hydrogen-bond acceptors (Lipinski definition) is 6. The van der Waals surface area contributed by atoms with Gasteiger partial charge in [0.05, 0.1) is 12.0 Å². The SMILES string of the molecule is CC1(OCc2nc(Cc3ccccn3)no2)CNC1. The second-order valence-corrected chi connectivity index (χ2v) is 4.94. The molecular weight excluding hydrogens is 244 g/mol. The molecule has 100 valence electrons. The minimum Gasteiger partial charge on any atom is -0.363 e. The normalized spacial score (nSPS) is 17.1. The van der Waals surface area contributed by atoms with E-state index in [0.29, 0.717) is 24.7 Å². The fourth-order valence-corrected chi connectivity index (χ4v) is 1.90. The Balaban J connectivity index is 1.57. The molecule has 6 heteroatoms. The molecule has 1 fully saturated rings. The van der Waals surface area contributed by atoms with Crippen LogP contribution in [0, 0.1) is 0 Å². The largest absolute Gasteiger partial charge is 0.363 e. The lowest BCUT2D eigenvalue weighted by Crippen LogP contribution is -2.58. The molecule has 0 aliphatic carbocycles. The van der Waals surface area contributed by atoms with Gasteiger partial charge in [0.2, 0.25) is 0 Å². The van der Waals surface area contributed by atoms with E-state index < -0.39 is 0 Å². The highest BCUT2D eigenvalue weighted by Crippen LogP contribution is 2.17. The zero-order valence-electron chi connectivity index (χ0n) is 10.8. The monoisotopic (exact) mass is 260 g/mol. The summed E-state index contributed by atoms with van der Waals surface area (Å²) in [5, 5.41) is 7.11. The molecule has 0 radical (unpaired) electrons. The van der Waals surface area contributed by atoms with Crippen LogP contribution in [-0.2, 0) is 17.8 Å². The Bertz CT molecular complexity index is 537. The van der Waals surface area contributed by atoms with Crippen LogP contribution in [0.3, 0.4) is 0 Å². The Hall–Kier alpha value is -1.79. The summed E-state index contributed by atoms with van der Waals surface area (Å²) in [7, 11) is 0. The molecule has 3 rings (SSSR count). The zero-order valence-corrected chi connectivity index (χ0v) is 10.8. The molecule has 6 nitrogen and oxygen atoms in total. The third kappa shape index (κ3) is 2.97. The summed E-state index contributed by atoms with van der Waals surface area (Å²) < 4.78 is 10.9. The molecule has 19 heavy (non-hydrogen) atoms. The number of ether oxygens (including phenoxy) is 1. The fourth-order valence-electron chi connectivity index (χ4n) is 1.90. The van der Waals surface area contributed by atoms with Gasteiger partial charge in [0.1, 0.15) is 6.61 Å². The highest BCUT2D eigenvalue weighted by Gasteiger charge is 2.32. The highest BCUT2D eigenvalue weighted by molar-refractivity contribution is 5.09. The Morgan fingerprint density at radius 2 is 2.32 bits per heavy atom. The maximum absolute atomic E-state index is 5.74. The standard InChI is InChI=1S/C13H16N4O2/c1-13(8-14-9-13)18-7-12-16-11(17-19-12)6-10-4-2-3-5-15-10/h2-5,14H,6-9H2,1H3. The molecule has 0 unspecified atom stereocenters. The Morgan fingerprint density at radius 3 is 3.00 bits per heavy atom. The predicted octanol–water partition coefficient (Wildman–Crippen LogP) is 0.934. The van der Waals surface area contributed by atoms with E-state index in [9.17, 15) is 0 Å². The van der Waals surface area contributed by atoms with Crippen molar-refractivity contribution in [1.29, 1.82) is 0 Å². The Labute approximate surface area is 111 Å². The number of nitrogens with zero attached hydrogens (tertiary/aromatic N) is 3. The molecule has 1 saturated heterocycles. The smallest absolute Gasteiger partial charge is 0.252 e. The average molecular weight is 260 g/mol. The lowest BCUT2D eigenvalue weighted by molar-refractivity contribution is -0.0841. The number of nitrogens with one attached hydrogen (secondary N) is 1. The van der Waals surface area contributed by atoms with E-state index in [1.165, 1.54) is 0 Å². The number of rotatable bonds is 5. The zero-order chi connectivity index (χ0) is 13.1. The van der Waals surface area contributed by atoms with Gasteiger partial charge in [0.25, 0.3) is 5.89 Å². The molecule has 1 aliphatic rings. The van der Waals surface area contributed by atoms with Gasteiger partial charge in [-0.15, -0.1) is 0 Å². The maximum atomic E-state index is 5.74. The second-order valence-electron chi connectivity index (χ2n) is 4.94. The molecule has 0 aromatic carbocycles. The molecule has 0 bridgehead atoms. The summed E-state index contributed by atoms with van der Waals surface area (Å²) in [4.78, 5) is 8.53. The summed E-state index contributed by atoms with van der Waals surface area (Å²) in [6, 6.07) is 5.76. The average Bonchev–Trinajstić information content (AvgIpc) is 2.83. The fraction of sp³-hybridized carbons (Fsp3) is 0.462. The van der Waals surface area contributed by atoms with Crippen LogP contribution in [0.1, 0.15) is 24.3 Å². The quantitative estimate of drug-likeness (QED) is 0.862. The molecule has 1 N–H and O–H groups in total. The molecule has 0 saturated carbocycles. The minimum absolute atomic E-state index is 0.102. The van der Waals surface area contributed by atoms with Crippen molar-refractivity contribution in [3.8, 4) is 0 Å². The molecule has 0 spiro atoms. The van der Waals surface area contributed by atoms with Crippen molar-refractivity contribution in [3.63, 3.8) is 0 Å². The van der Waals surface area contributed by atoms with Gasteiger partial charge in [-0.05, 0) is 19.1 Å². The molecule has 3 heterocycles. The van der Waals surface area contributed by atoms with Crippen LogP contribution in [0.2, 0.25) is 0 Å². The van der Waals surface area contributed by atoms with Crippen LogP contribution in [0.4, 0.5) is 0 Å². The van der Waals surface area contributed by atoms with Crippen molar-refractivity contribution in [2.75, 3.05) is 13.1 Å². The van der Waals surface area contributed by atoms with E-state index in [4.69, 9.17) is 9.26 Å². The Morgan fingerprint density at radius 1 is 1.42 bits per heavy atom. The first kappa shape index (κ1) is 12.3. The van der Waals surface area contributed by atoms with Crippen LogP contribution in [0.5, 0.6) is 0 Å². The van der Waals surface area contributed by atoms with E-state index in [1.807, 2.05) is 18.2 Å². The van der Waals surface area contributed by atoms with Crippen LogP contribution >= 0.6 is 0 Å². The van der Waals surface area contributed by atoms with Gasteiger partial charge in [-0.3, -0.25) is 4.98 Å². The minimum atomic E-state index is -0.102. The van der Waals surface area contributed by atoms with Crippen LogP contribution in [-0.4, -0.2) is 33.8 Å². The topological polar surface area (TPSA) is 73.1 Å². The van der Waals surface area contributed by atoms with Gasteiger partial charge < -0.3 is 14.6 Å². The van der Waals surface area contributed by atoms with Crippen molar-refractivity contribution in [2.45, 2.75) is 25.6 Å². The van der Waals surface area contributed by atoms with E-state index in [1.54, 1.807) is 6.20 Å². The highest BCUT2D eigenvalue weighted by atomic mass is 16.5. The predicted molar refractivity (Wildman–Crippen MR) is 67.4 cm³/mol. The van der Waals surface area contributed by atoms with Crippen LogP contribution in [0.15, 0.2) is 28.9 Å². The van der Waals surface area contributed by atoms with Gasteiger partial charge in [0, 0.05) is 25.0 Å². The summed E-state index contributed by atoms with van der Waals surface area (Å²) >= 11 is 0. The van der Waals surface area contributed by atoms with Crippen molar-refractivity contribution < 1.29 is 9.26 Å². The van der Waals surface area contributed by atoms with Gasteiger partial charge in [-0.2, -0.15) is 4.98 Å². The van der Waals surface area contributed by atoms with E-state index >= 15 is 0 Å². The first-order chi connectivity index (χ1) is 9.23. The van der Waals surface area contributed by atoms with E-state index in [2.05, 4.69) is 27.4 Å². The summed E-state index contributed by atoms with van der Waals surface area (Å²) in [5.41, 5.74) is 0.821. The number of pyridine rings is 1. The van der Waals surface area contributed by atoms with Crippen molar-refractivity contribution in [2.24, 2.45) is 0 Å². The second kappa shape index (κ2) is 5.07. The molecule has 0 amide bonds. The third-order valence-electron chi connectivity index (χ3n) is 3.12. The van der Waals surface area contributed by atoms with Crippen LogP contribution < -0.4 is 5.32 Å². The van der Waals surface area contributed by atoms with E-state index in [0.717, 1.165) is 18.8 Å². The van der Waals surface area contributed by atoms with Crippen molar-refractivity contribution >= 4 is 0 Å². The molecule has 1 aliphatic heterocycles. The van der Waals surface area contributed by atoms with Gasteiger partial charge in [-0.25, -0.2) is 0 Å². The number of hydrogen-bond donors (Lipinski definition) is 1. The molecule has 0 atom stereocenters. The summed E-state index contributed by atoms with van der Waals surface area (Å²) in [5.74, 6) is 1.15. The first-order valence-electron chi connectivity index (χ1n) is 6.30. The third-order valence-corrected chi connectivity index (χ3v) is 3.12. The van der Waals surface area contributed by atoms with Crippen molar-refractivity contribution in [3.05, 3.63) is 41.8 Å². The van der Waals surface area contributed by atoms with Gasteiger partial charge >= 0.3 is 0 Å². The number of aromatic nitrogens is 3. The van der Waals surface area contributed by atoms with Gasteiger partial charge in [0.15, 0.2) is 5.82 Å². The lowest BCUT2D eigenvalue weighted by atomic mass is 10.0. The van der Waals surface area contributed by atoms with Crippen LogP contribution in [0.25, 0.3) is 0 Å².